The number of aromatic nitrogens is 3. The Labute approximate surface area is 141 Å². The molecule has 0 fully saturated rings. The molecule has 0 saturated heterocycles. The van der Waals surface area contributed by atoms with Crippen molar-refractivity contribution in [1.82, 2.24) is 20.6 Å². The van der Waals surface area contributed by atoms with Crippen LogP contribution in [0.3, 0.4) is 0 Å². The summed E-state index contributed by atoms with van der Waals surface area (Å²) in [7, 11) is 3.01. The third-order valence-corrected chi connectivity index (χ3v) is 2.95. The van der Waals surface area contributed by atoms with Gasteiger partial charge in [0.25, 0.3) is 11.5 Å². The first kappa shape index (κ1) is 17.7. The van der Waals surface area contributed by atoms with E-state index in [-0.39, 0.29) is 12.4 Å². The fourth-order valence-electron chi connectivity index (χ4n) is 1.86. The maximum Gasteiger partial charge on any atom is 0.342 e. The Morgan fingerprint density at radius 1 is 1.32 bits per heavy atom. The normalized spacial score (nSPS) is 10.5. The van der Waals surface area contributed by atoms with Crippen molar-refractivity contribution in [3.05, 3.63) is 44.6 Å². The monoisotopic (exact) mass is 348 g/mol. The van der Waals surface area contributed by atoms with Crippen LogP contribution in [0.15, 0.2) is 32.9 Å². The van der Waals surface area contributed by atoms with Gasteiger partial charge in [-0.05, 0) is 12.1 Å². The van der Waals surface area contributed by atoms with Gasteiger partial charge in [-0.15, -0.1) is 5.10 Å². The number of amides is 1. The number of nitrogens with zero attached hydrogens (tertiary/aromatic N) is 2. The van der Waals surface area contributed by atoms with E-state index in [0.717, 1.165) is 0 Å². The minimum Gasteiger partial charge on any atom is -0.493 e. The summed E-state index contributed by atoms with van der Waals surface area (Å²) >= 11 is 0. The molecule has 1 aromatic heterocycles. The Balaban J connectivity index is 1.95. The number of aromatic amines is 2. The van der Waals surface area contributed by atoms with Crippen molar-refractivity contribution >= 4 is 17.9 Å². The number of H-pyrrole nitrogens is 2. The Morgan fingerprint density at radius 3 is 2.80 bits per heavy atom. The maximum absolute atomic E-state index is 11.7. The smallest absolute Gasteiger partial charge is 0.342 e. The first-order chi connectivity index (χ1) is 12.0. The van der Waals surface area contributed by atoms with E-state index in [0.29, 0.717) is 17.1 Å². The van der Waals surface area contributed by atoms with E-state index in [4.69, 9.17) is 9.47 Å². The number of hydrogen-bond acceptors (Lipinski definition) is 8. The molecule has 0 spiro atoms. The molecule has 0 radical (unpaired) electrons. The molecule has 1 amide bonds. The average Bonchev–Trinajstić information content (AvgIpc) is 2.60. The van der Waals surface area contributed by atoms with Gasteiger partial charge in [0.2, 0.25) is 5.82 Å². The number of anilines is 1. The summed E-state index contributed by atoms with van der Waals surface area (Å²) in [5.74, 6) is 0.298. The number of carbonyl (C=O) groups is 1. The lowest BCUT2D eigenvalue weighted by Gasteiger charge is -2.09. The van der Waals surface area contributed by atoms with Gasteiger partial charge in [0.1, 0.15) is 0 Å². The van der Waals surface area contributed by atoms with Crippen molar-refractivity contribution < 1.29 is 14.3 Å². The van der Waals surface area contributed by atoms with Crippen molar-refractivity contribution in [3.8, 4) is 11.5 Å². The lowest BCUT2D eigenvalue weighted by molar-refractivity contribution is -0.119. The average molecular weight is 348 g/mol. The van der Waals surface area contributed by atoms with Crippen LogP contribution in [-0.4, -0.2) is 48.1 Å². The predicted molar refractivity (Wildman–Crippen MR) is 89.3 cm³/mol. The number of hydrazone groups is 1. The van der Waals surface area contributed by atoms with E-state index < -0.39 is 17.2 Å². The highest BCUT2D eigenvalue weighted by Gasteiger charge is 2.08. The van der Waals surface area contributed by atoms with Gasteiger partial charge in [-0.2, -0.15) is 5.10 Å². The number of rotatable bonds is 7. The highest BCUT2D eigenvalue weighted by Crippen LogP contribution is 2.29. The zero-order chi connectivity index (χ0) is 18.2. The number of carbonyl (C=O) groups excluding carboxylic acids is 1. The molecule has 0 atom stereocenters. The molecule has 11 heteroatoms. The number of ether oxygens (including phenoxy) is 2. The maximum atomic E-state index is 11.7. The third kappa shape index (κ3) is 4.67. The van der Waals surface area contributed by atoms with Crippen LogP contribution in [-0.2, 0) is 4.79 Å². The van der Waals surface area contributed by atoms with Crippen molar-refractivity contribution in [2.45, 2.75) is 0 Å². The molecule has 1 heterocycles. The number of benzene rings is 1. The summed E-state index contributed by atoms with van der Waals surface area (Å²) in [5, 5.41) is 11.8. The molecule has 11 nitrogen and oxygen atoms in total. The molecule has 132 valence electrons. The minimum absolute atomic E-state index is 0.187. The first-order valence-corrected chi connectivity index (χ1v) is 7.01. The number of methoxy groups -OCH3 is 2. The van der Waals surface area contributed by atoms with E-state index in [1.54, 1.807) is 18.2 Å². The highest BCUT2D eigenvalue weighted by atomic mass is 16.5. The fraction of sp³-hybridized carbons (Fsp3) is 0.214. The van der Waals surface area contributed by atoms with Gasteiger partial charge in [0, 0.05) is 5.56 Å². The lowest BCUT2D eigenvalue weighted by atomic mass is 10.2. The van der Waals surface area contributed by atoms with Crippen molar-refractivity contribution in [3.63, 3.8) is 0 Å². The Morgan fingerprint density at radius 2 is 2.12 bits per heavy atom. The second-order valence-electron chi connectivity index (χ2n) is 4.58. The van der Waals surface area contributed by atoms with Gasteiger partial charge in [0.05, 0.1) is 27.0 Å². The summed E-state index contributed by atoms with van der Waals surface area (Å²) in [4.78, 5) is 35.9. The molecule has 2 aromatic rings. The Hall–Kier alpha value is -3.63. The van der Waals surface area contributed by atoms with Gasteiger partial charge >= 0.3 is 5.69 Å². The molecule has 2 rings (SSSR count). The van der Waals surface area contributed by atoms with Crippen molar-refractivity contribution in [1.29, 1.82) is 0 Å². The molecule has 25 heavy (non-hydrogen) atoms. The molecular formula is C14H16N6O5. The molecule has 4 N–H and O–H groups in total. The predicted octanol–water partition coefficient (Wildman–Crippen LogP) is -0.962. The van der Waals surface area contributed by atoms with Crippen LogP contribution >= 0.6 is 0 Å². The van der Waals surface area contributed by atoms with Gasteiger partial charge < -0.3 is 14.8 Å². The molecule has 0 unspecified atom stereocenters. The quantitative estimate of drug-likeness (QED) is 0.371. The molecule has 0 aliphatic rings. The standard InChI is InChI=1S/C14H16N6O5/c1-24-9-5-3-4-8(11(9)25-2)6-16-18-10(21)7-15-12-13(22)17-14(23)20-19-12/h3-6H,7H2,1-2H3,(H,15,19)(H,18,21)(H2,17,20,22,23)/b16-6+. The summed E-state index contributed by atoms with van der Waals surface area (Å²) in [6.07, 6.45) is 1.39. The molecule has 0 saturated carbocycles. The Kier molecular flexibility index (Phi) is 5.87. The molecule has 1 aromatic carbocycles. The van der Waals surface area contributed by atoms with E-state index in [9.17, 15) is 14.4 Å². The molecule has 0 aliphatic carbocycles. The third-order valence-electron chi connectivity index (χ3n) is 2.95. The largest absolute Gasteiger partial charge is 0.493 e. The van der Waals surface area contributed by atoms with Crippen LogP contribution in [0.4, 0.5) is 5.82 Å². The summed E-state index contributed by atoms with van der Waals surface area (Å²) < 4.78 is 10.4. The Bertz CT molecular complexity index is 888. The molecule has 0 bridgehead atoms. The lowest BCUT2D eigenvalue weighted by Crippen LogP contribution is -2.31. The van der Waals surface area contributed by atoms with Crippen LogP contribution in [0.1, 0.15) is 5.56 Å². The number of nitrogens with one attached hydrogen (secondary N) is 4. The zero-order valence-electron chi connectivity index (χ0n) is 13.5. The van der Waals surface area contributed by atoms with Crippen LogP contribution in [0.2, 0.25) is 0 Å². The van der Waals surface area contributed by atoms with E-state index in [1.165, 1.54) is 20.4 Å². The van der Waals surface area contributed by atoms with Crippen LogP contribution in [0, 0.1) is 0 Å². The van der Waals surface area contributed by atoms with Crippen molar-refractivity contribution in [2.24, 2.45) is 5.10 Å². The number of para-hydroxylation sites is 1. The van der Waals surface area contributed by atoms with Crippen molar-refractivity contribution in [2.75, 3.05) is 26.1 Å². The molecular weight excluding hydrogens is 332 g/mol. The minimum atomic E-state index is -0.739. The number of hydrogen-bond donors (Lipinski definition) is 4. The van der Waals surface area contributed by atoms with Gasteiger partial charge in [-0.3, -0.25) is 14.6 Å². The highest BCUT2D eigenvalue weighted by molar-refractivity contribution is 5.87. The van der Waals surface area contributed by atoms with Gasteiger partial charge in [-0.25, -0.2) is 15.3 Å². The second kappa shape index (κ2) is 8.29. The molecule has 0 aliphatic heterocycles. The summed E-state index contributed by atoms with van der Waals surface area (Å²) in [6, 6.07) is 5.21. The fourth-order valence-corrected chi connectivity index (χ4v) is 1.86. The van der Waals surface area contributed by atoms with Crippen LogP contribution in [0.5, 0.6) is 11.5 Å². The summed E-state index contributed by atoms with van der Waals surface area (Å²) in [5.41, 5.74) is 1.41. The summed E-state index contributed by atoms with van der Waals surface area (Å²) in [6.45, 7) is -0.269. The van der Waals surface area contributed by atoms with E-state index in [1.807, 2.05) is 10.1 Å². The van der Waals surface area contributed by atoms with E-state index in [2.05, 4.69) is 20.9 Å². The van der Waals surface area contributed by atoms with Crippen LogP contribution < -0.4 is 31.5 Å². The second-order valence-corrected chi connectivity index (χ2v) is 4.58. The van der Waals surface area contributed by atoms with E-state index >= 15 is 0 Å². The van der Waals surface area contributed by atoms with Crippen LogP contribution in [0.25, 0.3) is 0 Å². The van der Waals surface area contributed by atoms with Gasteiger partial charge in [-0.1, -0.05) is 6.07 Å². The SMILES string of the molecule is COc1cccc(/C=N/NC(=O)CNc2n[nH]c(=O)[nH]c2=O)c1OC. The topological polar surface area (TPSA) is 151 Å². The zero-order valence-corrected chi connectivity index (χ0v) is 13.5. The first-order valence-electron chi connectivity index (χ1n) is 7.01. The van der Waals surface area contributed by atoms with Gasteiger partial charge in [0.15, 0.2) is 11.5 Å².